The fourth-order valence-electron chi connectivity index (χ4n) is 0.461. The molecule has 0 aromatic carbocycles. The highest BCUT2D eigenvalue weighted by Crippen LogP contribution is 2.41. The van der Waals surface area contributed by atoms with Crippen LogP contribution in [0.1, 0.15) is 0 Å². The minimum Gasteiger partial charge on any atom is -0.138 e. The van der Waals surface area contributed by atoms with Crippen LogP contribution in [0.15, 0.2) is 24.1 Å². The SMILES string of the molecule is C=CCSC1C=CSS1. The maximum Gasteiger partial charge on any atom is 0.0800 e. The molecule has 0 saturated heterocycles. The molecular formula is C6H8S3. The average Bonchev–Trinajstić information content (AvgIpc) is 2.34. The summed E-state index contributed by atoms with van der Waals surface area (Å²) < 4.78 is 0.660. The lowest BCUT2D eigenvalue weighted by atomic mass is 10.7. The Morgan fingerprint density at radius 3 is 3.22 bits per heavy atom. The van der Waals surface area contributed by atoms with Gasteiger partial charge >= 0.3 is 0 Å². The van der Waals surface area contributed by atoms with Crippen LogP contribution in [-0.2, 0) is 0 Å². The van der Waals surface area contributed by atoms with Crippen LogP contribution in [0.4, 0.5) is 0 Å². The quantitative estimate of drug-likeness (QED) is 0.479. The maximum absolute atomic E-state index is 3.66. The summed E-state index contributed by atoms with van der Waals surface area (Å²) in [7, 11) is 3.72. The van der Waals surface area contributed by atoms with Gasteiger partial charge in [0.05, 0.1) is 4.58 Å². The average molecular weight is 176 g/mol. The third kappa shape index (κ3) is 2.74. The third-order valence-corrected chi connectivity index (χ3v) is 4.81. The fourth-order valence-corrected chi connectivity index (χ4v) is 3.99. The van der Waals surface area contributed by atoms with Crippen molar-refractivity contribution in [3.8, 4) is 0 Å². The van der Waals surface area contributed by atoms with Crippen LogP contribution >= 0.6 is 33.3 Å². The van der Waals surface area contributed by atoms with Crippen molar-refractivity contribution in [2.45, 2.75) is 4.58 Å². The summed E-state index contributed by atoms with van der Waals surface area (Å²) in [5.41, 5.74) is 0. The monoisotopic (exact) mass is 176 g/mol. The summed E-state index contributed by atoms with van der Waals surface area (Å²) in [6.45, 7) is 3.66. The van der Waals surface area contributed by atoms with E-state index >= 15 is 0 Å². The first-order valence-corrected chi connectivity index (χ1v) is 5.97. The zero-order valence-electron chi connectivity index (χ0n) is 4.95. The van der Waals surface area contributed by atoms with Crippen LogP contribution in [-0.4, -0.2) is 10.3 Å². The van der Waals surface area contributed by atoms with Crippen molar-refractivity contribution in [3.63, 3.8) is 0 Å². The highest BCUT2D eigenvalue weighted by Gasteiger charge is 2.08. The molecule has 0 fully saturated rings. The molecule has 50 valence electrons. The van der Waals surface area contributed by atoms with Crippen LogP contribution in [0.5, 0.6) is 0 Å². The molecule has 0 radical (unpaired) electrons. The molecule has 0 aromatic heterocycles. The molecular weight excluding hydrogens is 168 g/mol. The Morgan fingerprint density at radius 2 is 2.67 bits per heavy atom. The minimum atomic E-state index is 0.660. The summed E-state index contributed by atoms with van der Waals surface area (Å²) in [5.74, 6) is 1.06. The smallest absolute Gasteiger partial charge is 0.0800 e. The molecule has 0 aliphatic carbocycles. The lowest BCUT2D eigenvalue weighted by molar-refractivity contribution is 1.66. The highest BCUT2D eigenvalue weighted by molar-refractivity contribution is 8.80. The van der Waals surface area contributed by atoms with E-state index in [1.165, 1.54) is 0 Å². The predicted octanol–water partition coefficient (Wildman–Crippen LogP) is 3.14. The Bertz CT molecular complexity index is 119. The van der Waals surface area contributed by atoms with E-state index in [0.29, 0.717) is 4.58 Å². The Balaban J connectivity index is 2.12. The van der Waals surface area contributed by atoms with Crippen LogP contribution < -0.4 is 0 Å². The van der Waals surface area contributed by atoms with Crippen LogP contribution in [0, 0.1) is 0 Å². The summed E-state index contributed by atoms with van der Waals surface area (Å²) in [4.78, 5) is 0. The fraction of sp³-hybridized carbons (Fsp3) is 0.333. The van der Waals surface area contributed by atoms with E-state index in [0.717, 1.165) is 5.75 Å². The largest absolute Gasteiger partial charge is 0.138 e. The number of thioether (sulfide) groups is 1. The van der Waals surface area contributed by atoms with Crippen LogP contribution in [0.25, 0.3) is 0 Å². The molecule has 3 heteroatoms. The number of rotatable bonds is 3. The van der Waals surface area contributed by atoms with Gasteiger partial charge in [-0.25, -0.2) is 0 Å². The zero-order valence-corrected chi connectivity index (χ0v) is 7.40. The van der Waals surface area contributed by atoms with Crippen molar-refractivity contribution < 1.29 is 0 Å². The minimum absolute atomic E-state index is 0.660. The molecule has 0 aromatic rings. The van der Waals surface area contributed by atoms with E-state index in [1.54, 1.807) is 0 Å². The van der Waals surface area contributed by atoms with Crippen LogP contribution in [0.3, 0.4) is 0 Å². The molecule has 0 bridgehead atoms. The van der Waals surface area contributed by atoms with E-state index in [4.69, 9.17) is 0 Å². The lowest BCUT2D eigenvalue weighted by Gasteiger charge is -2.00. The first-order chi connectivity index (χ1) is 4.43. The Morgan fingerprint density at radius 1 is 1.78 bits per heavy atom. The van der Waals surface area contributed by atoms with Gasteiger partial charge in [-0.1, -0.05) is 33.7 Å². The van der Waals surface area contributed by atoms with Gasteiger partial charge in [-0.05, 0) is 5.41 Å². The van der Waals surface area contributed by atoms with Gasteiger partial charge in [0.25, 0.3) is 0 Å². The molecule has 1 heterocycles. The van der Waals surface area contributed by atoms with Crippen molar-refractivity contribution in [2.24, 2.45) is 0 Å². The highest BCUT2D eigenvalue weighted by atomic mass is 33.1. The van der Waals surface area contributed by atoms with Gasteiger partial charge in [0.15, 0.2) is 0 Å². The molecule has 1 aliphatic heterocycles. The van der Waals surface area contributed by atoms with Gasteiger partial charge in [0.1, 0.15) is 0 Å². The van der Waals surface area contributed by atoms with Gasteiger partial charge in [0.2, 0.25) is 0 Å². The van der Waals surface area contributed by atoms with Crippen molar-refractivity contribution in [3.05, 3.63) is 24.1 Å². The molecule has 1 aliphatic rings. The van der Waals surface area contributed by atoms with Crippen LogP contribution in [0.2, 0.25) is 0 Å². The van der Waals surface area contributed by atoms with Crippen molar-refractivity contribution in [1.29, 1.82) is 0 Å². The van der Waals surface area contributed by atoms with E-state index in [2.05, 4.69) is 18.1 Å². The molecule has 1 atom stereocenters. The molecule has 1 rings (SSSR count). The molecule has 9 heavy (non-hydrogen) atoms. The summed E-state index contributed by atoms with van der Waals surface area (Å²) in [6, 6.07) is 0. The van der Waals surface area contributed by atoms with E-state index in [1.807, 2.05) is 39.4 Å². The molecule has 0 saturated carbocycles. The van der Waals surface area contributed by atoms with Gasteiger partial charge in [-0.15, -0.1) is 18.3 Å². The van der Waals surface area contributed by atoms with Crippen molar-refractivity contribution in [2.75, 3.05) is 5.75 Å². The maximum atomic E-state index is 3.66. The second kappa shape index (κ2) is 4.36. The normalized spacial score (nSPS) is 24.7. The number of hydrogen-bond acceptors (Lipinski definition) is 3. The first kappa shape index (κ1) is 7.63. The Labute approximate surface area is 67.9 Å². The number of hydrogen-bond donors (Lipinski definition) is 0. The second-order valence-electron chi connectivity index (χ2n) is 1.51. The topological polar surface area (TPSA) is 0 Å². The summed E-state index contributed by atoms with van der Waals surface area (Å²) in [6.07, 6.45) is 4.17. The van der Waals surface area contributed by atoms with E-state index in [9.17, 15) is 0 Å². The first-order valence-electron chi connectivity index (χ1n) is 2.65. The predicted molar refractivity (Wildman–Crippen MR) is 50.8 cm³/mol. The van der Waals surface area contributed by atoms with Gasteiger partial charge < -0.3 is 0 Å². The third-order valence-electron chi connectivity index (χ3n) is 0.820. The Kier molecular flexibility index (Phi) is 3.70. The molecule has 1 unspecified atom stereocenters. The lowest BCUT2D eigenvalue weighted by Crippen LogP contribution is -1.84. The molecule has 0 N–H and O–H groups in total. The van der Waals surface area contributed by atoms with E-state index in [-0.39, 0.29) is 0 Å². The summed E-state index contributed by atoms with van der Waals surface area (Å²) >= 11 is 1.92. The Hall–Kier alpha value is 0.530. The molecule has 0 amide bonds. The second-order valence-corrected chi connectivity index (χ2v) is 5.30. The summed E-state index contributed by atoms with van der Waals surface area (Å²) in [5, 5.41) is 2.14. The van der Waals surface area contributed by atoms with Gasteiger partial charge in [-0.2, -0.15) is 0 Å². The van der Waals surface area contributed by atoms with Gasteiger partial charge in [-0.3, -0.25) is 0 Å². The molecule has 0 spiro atoms. The standard InChI is InChI=1S/C6H8S3/c1-2-4-7-6-3-5-8-9-6/h2-3,5-6H,1,4H2. The van der Waals surface area contributed by atoms with Gasteiger partial charge in [0, 0.05) is 5.75 Å². The molecule has 0 nitrogen and oxygen atoms in total. The van der Waals surface area contributed by atoms with E-state index < -0.39 is 0 Å². The zero-order chi connectivity index (χ0) is 6.53. The van der Waals surface area contributed by atoms with Crippen molar-refractivity contribution >= 4 is 33.3 Å². The van der Waals surface area contributed by atoms with Crippen molar-refractivity contribution in [1.82, 2.24) is 0 Å².